The van der Waals surface area contributed by atoms with Gasteiger partial charge in [0.25, 0.3) is 5.91 Å². The smallest absolute Gasteiger partial charge is 0.254 e. The van der Waals surface area contributed by atoms with Crippen LogP contribution >= 0.6 is 15.9 Å². The van der Waals surface area contributed by atoms with Crippen LogP contribution in [0.2, 0.25) is 0 Å². The number of benzene rings is 1. The standard InChI is InChI=1S/C11H13BrFNO2/c1-2-8(15)6-14-11(16)9-5-7(12)3-4-10(9)13/h3-5,8,15H,2,6H2,1H3,(H,14,16). The number of aliphatic hydroxyl groups is 1. The van der Waals surface area contributed by atoms with Crippen LogP contribution in [0.25, 0.3) is 0 Å². The van der Waals surface area contributed by atoms with Crippen LogP contribution in [-0.2, 0) is 0 Å². The third-order valence-electron chi connectivity index (χ3n) is 2.14. The van der Waals surface area contributed by atoms with Crippen LogP contribution in [0, 0.1) is 5.82 Å². The van der Waals surface area contributed by atoms with Gasteiger partial charge in [-0.1, -0.05) is 22.9 Å². The van der Waals surface area contributed by atoms with E-state index in [1.807, 2.05) is 0 Å². The molecule has 0 radical (unpaired) electrons. The van der Waals surface area contributed by atoms with E-state index in [1.54, 1.807) is 6.92 Å². The molecule has 0 aliphatic rings. The Morgan fingerprint density at radius 2 is 2.31 bits per heavy atom. The fraction of sp³-hybridized carbons (Fsp3) is 0.364. The van der Waals surface area contributed by atoms with E-state index in [0.29, 0.717) is 10.9 Å². The van der Waals surface area contributed by atoms with Crippen LogP contribution in [0.4, 0.5) is 4.39 Å². The predicted molar refractivity (Wildman–Crippen MR) is 62.7 cm³/mol. The van der Waals surface area contributed by atoms with Gasteiger partial charge >= 0.3 is 0 Å². The number of rotatable bonds is 4. The first-order chi connectivity index (χ1) is 7.54. The molecule has 0 aliphatic heterocycles. The maximum atomic E-state index is 13.3. The van der Waals surface area contributed by atoms with Crippen LogP contribution in [0.5, 0.6) is 0 Å². The number of hydrogen-bond donors (Lipinski definition) is 2. The van der Waals surface area contributed by atoms with E-state index in [1.165, 1.54) is 18.2 Å². The van der Waals surface area contributed by atoms with Crippen molar-refractivity contribution in [2.24, 2.45) is 0 Å². The highest BCUT2D eigenvalue weighted by Crippen LogP contribution is 2.15. The second-order valence-electron chi connectivity index (χ2n) is 3.40. The maximum Gasteiger partial charge on any atom is 0.254 e. The molecule has 1 unspecified atom stereocenters. The Kier molecular flexibility index (Phi) is 4.89. The van der Waals surface area contributed by atoms with Crippen LogP contribution < -0.4 is 5.32 Å². The largest absolute Gasteiger partial charge is 0.391 e. The average molecular weight is 290 g/mol. The first-order valence-corrected chi connectivity index (χ1v) is 5.75. The lowest BCUT2D eigenvalue weighted by Crippen LogP contribution is -2.32. The molecular formula is C11H13BrFNO2. The van der Waals surface area contributed by atoms with Gasteiger partial charge in [0.15, 0.2) is 0 Å². The van der Waals surface area contributed by atoms with E-state index >= 15 is 0 Å². The zero-order valence-corrected chi connectivity index (χ0v) is 10.4. The molecule has 0 bridgehead atoms. The Morgan fingerprint density at radius 3 is 2.94 bits per heavy atom. The summed E-state index contributed by atoms with van der Waals surface area (Å²) in [6.45, 7) is 1.93. The number of hydrogen-bond acceptors (Lipinski definition) is 2. The van der Waals surface area contributed by atoms with Crippen LogP contribution in [0.15, 0.2) is 22.7 Å². The van der Waals surface area contributed by atoms with Crippen molar-refractivity contribution in [3.8, 4) is 0 Å². The fourth-order valence-corrected chi connectivity index (χ4v) is 1.48. The number of carbonyl (C=O) groups is 1. The topological polar surface area (TPSA) is 49.3 Å². The number of carbonyl (C=O) groups excluding carboxylic acids is 1. The van der Waals surface area contributed by atoms with Gasteiger partial charge < -0.3 is 10.4 Å². The zero-order valence-electron chi connectivity index (χ0n) is 8.84. The van der Waals surface area contributed by atoms with Crippen LogP contribution in [0.1, 0.15) is 23.7 Å². The molecule has 0 saturated carbocycles. The van der Waals surface area contributed by atoms with Gasteiger partial charge in [-0.3, -0.25) is 4.79 Å². The molecule has 1 rings (SSSR count). The highest BCUT2D eigenvalue weighted by Gasteiger charge is 2.12. The molecule has 1 aromatic carbocycles. The first-order valence-electron chi connectivity index (χ1n) is 4.96. The minimum absolute atomic E-state index is 0.0299. The van der Waals surface area contributed by atoms with E-state index in [4.69, 9.17) is 0 Å². The van der Waals surface area contributed by atoms with Crippen LogP contribution in [-0.4, -0.2) is 23.7 Å². The Hall–Kier alpha value is -0.940. The van der Waals surface area contributed by atoms with Gasteiger partial charge in [-0.15, -0.1) is 0 Å². The molecule has 3 nitrogen and oxygen atoms in total. The minimum Gasteiger partial charge on any atom is -0.391 e. The molecule has 0 saturated heterocycles. The molecule has 0 heterocycles. The normalized spacial score (nSPS) is 12.2. The minimum atomic E-state index is -0.598. The Bertz CT molecular complexity index is 384. The molecule has 5 heteroatoms. The molecule has 16 heavy (non-hydrogen) atoms. The van der Waals surface area contributed by atoms with Crippen molar-refractivity contribution in [2.75, 3.05) is 6.54 Å². The van der Waals surface area contributed by atoms with Crippen LogP contribution in [0.3, 0.4) is 0 Å². The molecule has 0 fully saturated rings. The van der Waals surface area contributed by atoms with E-state index in [-0.39, 0.29) is 12.1 Å². The monoisotopic (exact) mass is 289 g/mol. The van der Waals surface area contributed by atoms with E-state index < -0.39 is 17.8 Å². The van der Waals surface area contributed by atoms with Gasteiger partial charge in [0.1, 0.15) is 5.82 Å². The van der Waals surface area contributed by atoms with Gasteiger partial charge in [-0.2, -0.15) is 0 Å². The van der Waals surface area contributed by atoms with E-state index in [0.717, 1.165) is 0 Å². The highest BCUT2D eigenvalue weighted by molar-refractivity contribution is 9.10. The Labute approximate surface area is 102 Å². The molecule has 0 aromatic heterocycles. The van der Waals surface area contributed by atoms with Crippen molar-refractivity contribution in [1.29, 1.82) is 0 Å². The summed E-state index contributed by atoms with van der Waals surface area (Å²) in [5.41, 5.74) is -0.0299. The predicted octanol–water partition coefficient (Wildman–Crippen LogP) is 2.09. The van der Waals surface area contributed by atoms with Gasteiger partial charge in [0.05, 0.1) is 11.7 Å². The molecule has 0 spiro atoms. The van der Waals surface area contributed by atoms with Gasteiger partial charge in [0, 0.05) is 11.0 Å². The SMILES string of the molecule is CCC(O)CNC(=O)c1cc(Br)ccc1F. The van der Waals surface area contributed by atoms with Gasteiger partial charge in [0.2, 0.25) is 0 Å². The second-order valence-corrected chi connectivity index (χ2v) is 4.31. The van der Waals surface area contributed by atoms with Crippen molar-refractivity contribution in [2.45, 2.75) is 19.4 Å². The summed E-state index contributed by atoms with van der Waals surface area (Å²) in [6.07, 6.45) is -0.0551. The van der Waals surface area contributed by atoms with Crippen molar-refractivity contribution in [1.82, 2.24) is 5.32 Å². The number of nitrogens with one attached hydrogen (secondary N) is 1. The maximum absolute atomic E-state index is 13.3. The van der Waals surface area contributed by atoms with Crippen molar-refractivity contribution >= 4 is 21.8 Å². The molecule has 1 aromatic rings. The molecule has 2 N–H and O–H groups in total. The molecular weight excluding hydrogens is 277 g/mol. The summed E-state index contributed by atoms with van der Waals surface area (Å²) in [6, 6.07) is 4.14. The lowest BCUT2D eigenvalue weighted by atomic mass is 10.2. The van der Waals surface area contributed by atoms with Gasteiger partial charge in [-0.25, -0.2) is 4.39 Å². The lowest BCUT2D eigenvalue weighted by molar-refractivity contribution is 0.0910. The second kappa shape index (κ2) is 5.96. The van der Waals surface area contributed by atoms with E-state index in [2.05, 4.69) is 21.2 Å². The third-order valence-corrected chi connectivity index (χ3v) is 2.64. The molecule has 1 atom stereocenters. The average Bonchev–Trinajstić information content (AvgIpc) is 2.28. The highest BCUT2D eigenvalue weighted by atomic mass is 79.9. The van der Waals surface area contributed by atoms with Crippen molar-refractivity contribution in [3.63, 3.8) is 0 Å². The van der Waals surface area contributed by atoms with Gasteiger partial charge in [-0.05, 0) is 24.6 Å². The van der Waals surface area contributed by atoms with E-state index in [9.17, 15) is 14.3 Å². The summed E-state index contributed by atoms with van der Waals surface area (Å²) in [7, 11) is 0. The Morgan fingerprint density at radius 1 is 1.62 bits per heavy atom. The summed E-state index contributed by atoms with van der Waals surface area (Å²) in [5.74, 6) is -1.10. The zero-order chi connectivity index (χ0) is 12.1. The summed E-state index contributed by atoms with van der Waals surface area (Å²) in [4.78, 5) is 11.6. The summed E-state index contributed by atoms with van der Waals surface area (Å²) < 4.78 is 13.9. The summed E-state index contributed by atoms with van der Waals surface area (Å²) >= 11 is 3.16. The van der Waals surface area contributed by atoms with Crippen molar-refractivity contribution in [3.05, 3.63) is 34.1 Å². The number of amides is 1. The molecule has 88 valence electrons. The fourth-order valence-electron chi connectivity index (χ4n) is 1.12. The number of aliphatic hydroxyl groups excluding tert-OH is 1. The quantitative estimate of drug-likeness (QED) is 0.892. The molecule has 1 amide bonds. The number of halogens is 2. The summed E-state index contributed by atoms with van der Waals surface area (Å²) in [5, 5.41) is 11.7. The Balaban J connectivity index is 2.69. The molecule has 0 aliphatic carbocycles. The lowest BCUT2D eigenvalue weighted by Gasteiger charge is -2.10. The first kappa shape index (κ1) is 13.1. The van der Waals surface area contributed by atoms with Crippen molar-refractivity contribution < 1.29 is 14.3 Å². The third kappa shape index (κ3) is 3.57.